The van der Waals surface area contributed by atoms with Gasteiger partial charge in [-0.15, -0.1) is 0 Å². The van der Waals surface area contributed by atoms with E-state index in [2.05, 4.69) is 15.9 Å². The van der Waals surface area contributed by atoms with Gasteiger partial charge in [0.05, 0.1) is 24.3 Å². The summed E-state index contributed by atoms with van der Waals surface area (Å²) in [5.41, 5.74) is 8.04. The molecule has 1 unspecified atom stereocenters. The summed E-state index contributed by atoms with van der Waals surface area (Å²) in [5.74, 6) is 1.08. The van der Waals surface area contributed by atoms with Crippen molar-refractivity contribution < 1.29 is 13.9 Å². The Bertz CT molecular complexity index is 611. The number of hydrogen-bond donors (Lipinski definition) is 1. The van der Waals surface area contributed by atoms with Crippen LogP contribution >= 0.6 is 15.9 Å². The second kappa shape index (κ2) is 6.91. The molecule has 2 rings (SSSR count). The Labute approximate surface area is 132 Å². The zero-order valence-electron chi connectivity index (χ0n) is 11.9. The quantitative estimate of drug-likeness (QED) is 0.887. The SMILES string of the molecule is COc1cccc(OC)c1C(N)Cc1ccc(F)c(Br)c1. The summed E-state index contributed by atoms with van der Waals surface area (Å²) in [6.45, 7) is 0. The van der Waals surface area contributed by atoms with Gasteiger partial charge in [-0.25, -0.2) is 4.39 Å². The highest BCUT2D eigenvalue weighted by Crippen LogP contribution is 2.34. The number of ether oxygens (including phenoxy) is 2. The Balaban J connectivity index is 2.31. The predicted molar refractivity (Wildman–Crippen MR) is 84.3 cm³/mol. The molecule has 0 aromatic heterocycles. The van der Waals surface area contributed by atoms with Crippen LogP contribution in [0.25, 0.3) is 0 Å². The lowest BCUT2D eigenvalue weighted by Crippen LogP contribution is -2.15. The van der Waals surface area contributed by atoms with E-state index in [4.69, 9.17) is 15.2 Å². The first-order valence-electron chi connectivity index (χ1n) is 6.47. The summed E-state index contributed by atoms with van der Waals surface area (Å²) in [6, 6.07) is 10.1. The molecule has 0 bridgehead atoms. The molecule has 112 valence electrons. The van der Waals surface area contributed by atoms with Crippen LogP contribution < -0.4 is 15.2 Å². The van der Waals surface area contributed by atoms with Crippen molar-refractivity contribution in [2.24, 2.45) is 5.73 Å². The minimum Gasteiger partial charge on any atom is -0.496 e. The van der Waals surface area contributed by atoms with Gasteiger partial charge in [0, 0.05) is 6.04 Å². The molecule has 0 radical (unpaired) electrons. The van der Waals surface area contributed by atoms with E-state index in [1.54, 1.807) is 26.4 Å². The predicted octanol–water partition coefficient (Wildman–Crippen LogP) is 3.85. The fraction of sp³-hybridized carbons (Fsp3) is 0.250. The molecule has 0 fully saturated rings. The van der Waals surface area contributed by atoms with Gasteiger partial charge in [0.2, 0.25) is 0 Å². The first-order valence-corrected chi connectivity index (χ1v) is 7.26. The van der Waals surface area contributed by atoms with E-state index in [1.165, 1.54) is 6.07 Å². The maximum absolute atomic E-state index is 13.3. The lowest BCUT2D eigenvalue weighted by Gasteiger charge is -2.19. The van der Waals surface area contributed by atoms with Crippen molar-refractivity contribution in [2.75, 3.05) is 14.2 Å². The van der Waals surface area contributed by atoms with Gasteiger partial charge in [-0.05, 0) is 52.2 Å². The monoisotopic (exact) mass is 353 g/mol. The van der Waals surface area contributed by atoms with Crippen molar-refractivity contribution in [2.45, 2.75) is 12.5 Å². The third kappa shape index (κ3) is 3.54. The van der Waals surface area contributed by atoms with Gasteiger partial charge >= 0.3 is 0 Å². The van der Waals surface area contributed by atoms with E-state index in [0.717, 1.165) is 11.1 Å². The van der Waals surface area contributed by atoms with Crippen LogP contribution in [0.3, 0.4) is 0 Å². The van der Waals surface area contributed by atoms with E-state index in [9.17, 15) is 4.39 Å². The average Bonchev–Trinajstić information content (AvgIpc) is 2.49. The van der Waals surface area contributed by atoms with Crippen LogP contribution in [0.15, 0.2) is 40.9 Å². The molecule has 0 saturated heterocycles. The van der Waals surface area contributed by atoms with Gasteiger partial charge < -0.3 is 15.2 Å². The smallest absolute Gasteiger partial charge is 0.137 e. The van der Waals surface area contributed by atoms with E-state index in [1.807, 2.05) is 18.2 Å². The number of hydrogen-bond acceptors (Lipinski definition) is 3. The van der Waals surface area contributed by atoms with Crippen LogP contribution in [0.1, 0.15) is 17.2 Å². The number of rotatable bonds is 5. The van der Waals surface area contributed by atoms with Gasteiger partial charge in [0.15, 0.2) is 0 Å². The van der Waals surface area contributed by atoms with E-state index >= 15 is 0 Å². The summed E-state index contributed by atoms with van der Waals surface area (Å²) in [6.07, 6.45) is 0.551. The minimum absolute atomic E-state index is 0.290. The molecule has 21 heavy (non-hydrogen) atoms. The van der Waals surface area contributed by atoms with Gasteiger partial charge in [0.25, 0.3) is 0 Å². The normalized spacial score (nSPS) is 12.0. The van der Waals surface area contributed by atoms with Gasteiger partial charge in [-0.2, -0.15) is 0 Å². The average molecular weight is 354 g/mol. The Morgan fingerprint density at radius 2 is 1.76 bits per heavy atom. The van der Waals surface area contributed by atoms with Crippen molar-refractivity contribution in [3.05, 3.63) is 57.8 Å². The molecule has 3 nitrogen and oxygen atoms in total. The number of methoxy groups -OCH3 is 2. The molecule has 5 heteroatoms. The number of halogens is 2. The van der Waals surface area contributed by atoms with Crippen LogP contribution in [0, 0.1) is 5.82 Å². The Hall–Kier alpha value is -1.59. The van der Waals surface area contributed by atoms with Crippen molar-refractivity contribution >= 4 is 15.9 Å². The van der Waals surface area contributed by atoms with Crippen LogP contribution in [0.5, 0.6) is 11.5 Å². The molecule has 0 aliphatic rings. The van der Waals surface area contributed by atoms with Crippen molar-refractivity contribution in [3.63, 3.8) is 0 Å². The highest BCUT2D eigenvalue weighted by molar-refractivity contribution is 9.10. The first kappa shape index (κ1) is 15.8. The molecule has 0 spiro atoms. The maximum atomic E-state index is 13.3. The lowest BCUT2D eigenvalue weighted by molar-refractivity contribution is 0.379. The van der Waals surface area contributed by atoms with Crippen LogP contribution in [-0.2, 0) is 6.42 Å². The van der Waals surface area contributed by atoms with Crippen LogP contribution in [0.2, 0.25) is 0 Å². The van der Waals surface area contributed by atoms with Gasteiger partial charge in [-0.3, -0.25) is 0 Å². The van der Waals surface area contributed by atoms with E-state index < -0.39 is 0 Å². The number of nitrogens with two attached hydrogens (primary N) is 1. The third-order valence-corrected chi connectivity index (χ3v) is 3.88. The molecule has 0 heterocycles. The van der Waals surface area contributed by atoms with Crippen molar-refractivity contribution in [1.82, 2.24) is 0 Å². The summed E-state index contributed by atoms with van der Waals surface area (Å²) in [4.78, 5) is 0. The van der Waals surface area contributed by atoms with E-state index in [-0.39, 0.29) is 11.9 Å². The van der Waals surface area contributed by atoms with Gasteiger partial charge in [-0.1, -0.05) is 12.1 Å². The molecular weight excluding hydrogens is 337 g/mol. The highest BCUT2D eigenvalue weighted by atomic mass is 79.9. The largest absolute Gasteiger partial charge is 0.496 e. The first-order chi connectivity index (χ1) is 10.1. The summed E-state index contributed by atoms with van der Waals surface area (Å²) >= 11 is 3.18. The fourth-order valence-corrected chi connectivity index (χ4v) is 2.69. The molecule has 0 amide bonds. The van der Waals surface area contributed by atoms with E-state index in [0.29, 0.717) is 22.4 Å². The highest BCUT2D eigenvalue weighted by Gasteiger charge is 2.18. The van der Waals surface area contributed by atoms with Crippen LogP contribution in [-0.4, -0.2) is 14.2 Å². The summed E-state index contributed by atoms with van der Waals surface area (Å²) in [5, 5.41) is 0. The molecule has 2 aromatic rings. The Morgan fingerprint density at radius 1 is 1.14 bits per heavy atom. The fourth-order valence-electron chi connectivity index (χ4n) is 2.27. The zero-order valence-corrected chi connectivity index (χ0v) is 13.5. The standard InChI is InChI=1S/C16H17BrFNO2/c1-20-14-4-3-5-15(21-2)16(14)13(19)9-10-6-7-12(18)11(17)8-10/h3-8,13H,9,19H2,1-2H3. The molecular formula is C16H17BrFNO2. The molecule has 1 atom stereocenters. The molecule has 0 aliphatic carbocycles. The third-order valence-electron chi connectivity index (χ3n) is 3.28. The second-order valence-corrected chi connectivity index (χ2v) is 5.49. The molecule has 0 aliphatic heterocycles. The lowest BCUT2D eigenvalue weighted by atomic mass is 9.98. The van der Waals surface area contributed by atoms with Gasteiger partial charge in [0.1, 0.15) is 17.3 Å². The Kier molecular flexibility index (Phi) is 5.20. The molecule has 0 saturated carbocycles. The minimum atomic E-state index is -0.312. The van der Waals surface area contributed by atoms with Crippen molar-refractivity contribution in [3.8, 4) is 11.5 Å². The van der Waals surface area contributed by atoms with Crippen molar-refractivity contribution in [1.29, 1.82) is 0 Å². The number of benzene rings is 2. The molecule has 2 N–H and O–H groups in total. The zero-order chi connectivity index (χ0) is 15.4. The maximum Gasteiger partial charge on any atom is 0.137 e. The van der Waals surface area contributed by atoms with Crippen LogP contribution in [0.4, 0.5) is 4.39 Å². The summed E-state index contributed by atoms with van der Waals surface area (Å²) < 4.78 is 24.4. The summed E-state index contributed by atoms with van der Waals surface area (Å²) in [7, 11) is 3.19. The second-order valence-electron chi connectivity index (χ2n) is 4.64. The topological polar surface area (TPSA) is 44.5 Å². The molecule has 2 aromatic carbocycles. The Morgan fingerprint density at radius 3 is 2.29 bits per heavy atom.